The Labute approximate surface area is 101 Å². The molecule has 94 valence electrons. The lowest BCUT2D eigenvalue weighted by Crippen LogP contribution is -2.42. The fourth-order valence-electron chi connectivity index (χ4n) is 3.27. The van der Waals surface area contributed by atoms with Crippen LogP contribution in [0.1, 0.15) is 45.4 Å². The Hall–Kier alpha value is -0.0800. The van der Waals surface area contributed by atoms with Crippen LogP contribution in [0.5, 0.6) is 0 Å². The molecule has 0 aromatic heterocycles. The highest BCUT2D eigenvalue weighted by Gasteiger charge is 2.33. The van der Waals surface area contributed by atoms with Crippen molar-refractivity contribution < 1.29 is 0 Å². The van der Waals surface area contributed by atoms with E-state index >= 15 is 0 Å². The summed E-state index contributed by atoms with van der Waals surface area (Å²) in [5.74, 6) is 2.82. The van der Waals surface area contributed by atoms with E-state index in [4.69, 9.17) is 5.73 Å². The maximum absolute atomic E-state index is 5.90. The molecule has 2 aliphatic carbocycles. The summed E-state index contributed by atoms with van der Waals surface area (Å²) in [6, 6.07) is 0.666. The summed E-state index contributed by atoms with van der Waals surface area (Å²) in [6.07, 6.45) is 8.58. The van der Waals surface area contributed by atoms with E-state index < -0.39 is 0 Å². The predicted octanol–water partition coefficient (Wildman–Crippen LogP) is 2.48. The van der Waals surface area contributed by atoms with Crippen molar-refractivity contribution in [3.8, 4) is 0 Å². The fourth-order valence-corrected chi connectivity index (χ4v) is 3.27. The van der Waals surface area contributed by atoms with Crippen molar-refractivity contribution in [3.05, 3.63) is 0 Å². The van der Waals surface area contributed by atoms with Crippen LogP contribution in [0.2, 0.25) is 0 Å². The SMILES string of the molecule is CC1CCC(CN(C)C(CN)C2CC2)CC1. The topological polar surface area (TPSA) is 29.3 Å². The van der Waals surface area contributed by atoms with Crippen LogP contribution in [0, 0.1) is 17.8 Å². The molecule has 0 heterocycles. The second-order valence-corrected chi connectivity index (χ2v) is 6.21. The Morgan fingerprint density at radius 3 is 2.25 bits per heavy atom. The highest BCUT2D eigenvalue weighted by molar-refractivity contribution is 4.88. The molecule has 2 aliphatic rings. The van der Waals surface area contributed by atoms with Crippen LogP contribution in [0.4, 0.5) is 0 Å². The standard InChI is InChI=1S/C14H28N2/c1-11-3-5-12(6-4-11)10-16(2)14(9-15)13-7-8-13/h11-14H,3-10,15H2,1-2H3. The third-order valence-electron chi connectivity index (χ3n) is 4.66. The van der Waals surface area contributed by atoms with Gasteiger partial charge in [-0.1, -0.05) is 19.8 Å². The Morgan fingerprint density at radius 2 is 1.75 bits per heavy atom. The van der Waals surface area contributed by atoms with Gasteiger partial charge in [-0.2, -0.15) is 0 Å². The molecule has 2 nitrogen and oxygen atoms in total. The highest BCUT2D eigenvalue weighted by Crippen LogP contribution is 2.36. The fraction of sp³-hybridized carbons (Fsp3) is 1.00. The first-order valence-electron chi connectivity index (χ1n) is 7.11. The maximum atomic E-state index is 5.90. The smallest absolute Gasteiger partial charge is 0.0243 e. The molecule has 1 unspecified atom stereocenters. The van der Waals surface area contributed by atoms with Gasteiger partial charge in [-0.25, -0.2) is 0 Å². The minimum atomic E-state index is 0.666. The van der Waals surface area contributed by atoms with E-state index in [0.717, 1.165) is 24.3 Å². The number of hydrogen-bond donors (Lipinski definition) is 1. The molecular formula is C14H28N2. The van der Waals surface area contributed by atoms with Crippen LogP contribution in [-0.2, 0) is 0 Å². The molecule has 0 amide bonds. The molecule has 0 spiro atoms. The second-order valence-electron chi connectivity index (χ2n) is 6.21. The third kappa shape index (κ3) is 3.21. The van der Waals surface area contributed by atoms with Crippen molar-refractivity contribution in [2.45, 2.75) is 51.5 Å². The first-order chi connectivity index (χ1) is 7.70. The molecular weight excluding hydrogens is 196 g/mol. The maximum Gasteiger partial charge on any atom is 0.0243 e. The normalized spacial score (nSPS) is 33.0. The average Bonchev–Trinajstić information content (AvgIpc) is 3.07. The first kappa shape index (κ1) is 12.4. The lowest BCUT2D eigenvalue weighted by molar-refractivity contribution is 0.159. The number of rotatable bonds is 5. The van der Waals surface area contributed by atoms with Crippen LogP contribution < -0.4 is 5.73 Å². The van der Waals surface area contributed by atoms with Gasteiger partial charge in [-0.3, -0.25) is 0 Å². The third-order valence-corrected chi connectivity index (χ3v) is 4.66. The van der Waals surface area contributed by atoms with Gasteiger partial charge in [0.25, 0.3) is 0 Å². The first-order valence-corrected chi connectivity index (χ1v) is 7.11. The van der Waals surface area contributed by atoms with Crippen molar-refractivity contribution in [2.24, 2.45) is 23.5 Å². The largest absolute Gasteiger partial charge is 0.329 e. The van der Waals surface area contributed by atoms with E-state index in [2.05, 4.69) is 18.9 Å². The lowest BCUT2D eigenvalue weighted by atomic mass is 9.82. The Kier molecular flexibility index (Phi) is 4.26. The molecule has 1 atom stereocenters. The average molecular weight is 224 g/mol. The quantitative estimate of drug-likeness (QED) is 0.777. The summed E-state index contributed by atoms with van der Waals surface area (Å²) in [5, 5.41) is 0. The molecule has 2 rings (SSSR count). The van der Waals surface area contributed by atoms with E-state index in [1.54, 1.807) is 0 Å². The van der Waals surface area contributed by atoms with Gasteiger partial charge in [0.05, 0.1) is 0 Å². The van der Waals surface area contributed by atoms with Crippen LogP contribution in [-0.4, -0.2) is 31.1 Å². The van der Waals surface area contributed by atoms with Crippen molar-refractivity contribution in [3.63, 3.8) is 0 Å². The van der Waals surface area contributed by atoms with Gasteiger partial charge in [-0.05, 0) is 50.5 Å². The molecule has 0 radical (unpaired) electrons. The summed E-state index contributed by atoms with van der Waals surface area (Å²) < 4.78 is 0. The Morgan fingerprint density at radius 1 is 1.12 bits per heavy atom. The summed E-state index contributed by atoms with van der Waals surface area (Å²) in [4.78, 5) is 2.55. The summed E-state index contributed by atoms with van der Waals surface area (Å²) in [5.41, 5.74) is 5.90. The van der Waals surface area contributed by atoms with Crippen LogP contribution >= 0.6 is 0 Å². The second kappa shape index (κ2) is 5.50. The molecule has 2 heteroatoms. The lowest BCUT2D eigenvalue weighted by Gasteiger charge is -2.33. The van der Waals surface area contributed by atoms with E-state index in [0.29, 0.717) is 6.04 Å². The molecule has 2 fully saturated rings. The van der Waals surface area contributed by atoms with Gasteiger partial charge in [0.2, 0.25) is 0 Å². The zero-order valence-electron chi connectivity index (χ0n) is 11.0. The number of nitrogens with zero attached hydrogens (tertiary/aromatic N) is 1. The molecule has 2 saturated carbocycles. The summed E-state index contributed by atoms with van der Waals surface area (Å²) >= 11 is 0. The van der Waals surface area contributed by atoms with Gasteiger partial charge in [0.15, 0.2) is 0 Å². The van der Waals surface area contributed by atoms with E-state index in [-0.39, 0.29) is 0 Å². The summed E-state index contributed by atoms with van der Waals surface area (Å²) in [7, 11) is 2.29. The minimum Gasteiger partial charge on any atom is -0.329 e. The molecule has 0 aliphatic heterocycles. The van der Waals surface area contributed by atoms with E-state index in [1.165, 1.54) is 45.1 Å². The van der Waals surface area contributed by atoms with E-state index in [9.17, 15) is 0 Å². The highest BCUT2D eigenvalue weighted by atomic mass is 15.1. The van der Waals surface area contributed by atoms with Crippen molar-refractivity contribution in [2.75, 3.05) is 20.1 Å². The number of hydrogen-bond acceptors (Lipinski definition) is 2. The van der Waals surface area contributed by atoms with Gasteiger partial charge in [0, 0.05) is 19.1 Å². The van der Waals surface area contributed by atoms with Crippen molar-refractivity contribution in [1.82, 2.24) is 4.90 Å². The molecule has 0 aromatic rings. The number of nitrogens with two attached hydrogens (primary N) is 1. The van der Waals surface area contributed by atoms with Crippen LogP contribution in [0.3, 0.4) is 0 Å². The molecule has 2 N–H and O–H groups in total. The zero-order valence-corrected chi connectivity index (χ0v) is 11.0. The minimum absolute atomic E-state index is 0.666. The van der Waals surface area contributed by atoms with Gasteiger partial charge in [-0.15, -0.1) is 0 Å². The Bertz CT molecular complexity index is 205. The van der Waals surface area contributed by atoms with E-state index in [1.807, 2.05) is 0 Å². The molecule has 0 aromatic carbocycles. The number of likely N-dealkylation sites (N-methyl/N-ethyl adjacent to an activating group) is 1. The summed E-state index contributed by atoms with van der Waals surface area (Å²) in [6.45, 7) is 4.53. The monoisotopic (exact) mass is 224 g/mol. The van der Waals surface area contributed by atoms with Gasteiger partial charge < -0.3 is 10.6 Å². The van der Waals surface area contributed by atoms with Crippen molar-refractivity contribution in [1.29, 1.82) is 0 Å². The molecule has 16 heavy (non-hydrogen) atoms. The van der Waals surface area contributed by atoms with Gasteiger partial charge >= 0.3 is 0 Å². The van der Waals surface area contributed by atoms with Gasteiger partial charge in [0.1, 0.15) is 0 Å². The molecule has 0 saturated heterocycles. The Balaban J connectivity index is 1.75. The van der Waals surface area contributed by atoms with Crippen LogP contribution in [0.25, 0.3) is 0 Å². The van der Waals surface area contributed by atoms with Crippen LogP contribution in [0.15, 0.2) is 0 Å². The van der Waals surface area contributed by atoms with Crippen molar-refractivity contribution >= 4 is 0 Å². The zero-order chi connectivity index (χ0) is 11.5. The molecule has 0 bridgehead atoms. The predicted molar refractivity (Wildman–Crippen MR) is 69.3 cm³/mol.